The first-order valence-electron chi connectivity index (χ1n) is 15.9. The maximum atomic E-state index is 12.3. The van der Waals surface area contributed by atoms with E-state index < -0.39 is 0 Å². The number of nitrogens with zero attached hydrogens (tertiary/aromatic N) is 8. The predicted molar refractivity (Wildman–Crippen MR) is 195 cm³/mol. The second-order valence-corrected chi connectivity index (χ2v) is 12.2. The van der Waals surface area contributed by atoms with Crippen LogP contribution in [-0.2, 0) is 19.9 Å². The van der Waals surface area contributed by atoms with Crippen molar-refractivity contribution in [2.45, 2.75) is 19.8 Å². The van der Waals surface area contributed by atoms with Crippen molar-refractivity contribution < 1.29 is 0 Å². The number of pyridine rings is 2. The molecule has 3 aromatic carbocycles. The highest BCUT2D eigenvalue weighted by Gasteiger charge is 2.10. The Morgan fingerprint density at radius 3 is 2.20 bits per heavy atom. The number of fused-ring (bicyclic) bond motifs is 2. The molecule has 0 radical (unpaired) electrons. The zero-order chi connectivity index (χ0) is 34.6. The molecule has 50 heavy (non-hydrogen) atoms. The molecule has 246 valence electrons. The summed E-state index contributed by atoms with van der Waals surface area (Å²) in [5.74, 6) is 0. The number of aryl methyl sites for hydroxylation is 2. The maximum absolute atomic E-state index is 12.3. The minimum Gasteiger partial charge on any atom is -0.288 e. The SMILES string of the molecule is Cc1ccc2c(Cc3nn(-c4cnn(C)c4)ccc3=O)cccc2n1.O=c1ccn(-c2ccc(Cl)cc2)nc1Cc1ccc2ncccc2c1. The molecule has 8 rings (SSSR count). The van der Waals surface area contributed by atoms with Crippen LogP contribution in [0.3, 0.4) is 0 Å². The van der Waals surface area contributed by atoms with E-state index in [2.05, 4.69) is 31.3 Å². The molecule has 0 spiro atoms. The van der Waals surface area contributed by atoms with E-state index in [1.807, 2.05) is 86.9 Å². The summed E-state index contributed by atoms with van der Waals surface area (Å²) < 4.78 is 5.07. The molecular weight excluding hydrogens is 648 g/mol. The number of aromatic nitrogens is 8. The molecule has 0 N–H and O–H groups in total. The number of rotatable bonds is 6. The third-order valence-electron chi connectivity index (χ3n) is 8.17. The van der Waals surface area contributed by atoms with Crippen molar-refractivity contribution in [3.63, 3.8) is 0 Å². The zero-order valence-electron chi connectivity index (χ0n) is 27.3. The maximum Gasteiger partial charge on any atom is 0.203 e. The lowest BCUT2D eigenvalue weighted by Gasteiger charge is -2.08. The van der Waals surface area contributed by atoms with Crippen LogP contribution < -0.4 is 10.9 Å². The molecule has 0 aliphatic carbocycles. The average Bonchev–Trinajstić information content (AvgIpc) is 3.57. The summed E-state index contributed by atoms with van der Waals surface area (Å²) in [4.78, 5) is 33.4. The van der Waals surface area contributed by atoms with E-state index in [-0.39, 0.29) is 10.9 Å². The van der Waals surface area contributed by atoms with Crippen LogP contribution >= 0.6 is 11.6 Å². The van der Waals surface area contributed by atoms with Gasteiger partial charge in [0.05, 0.1) is 29.1 Å². The monoisotopic (exact) mass is 678 g/mol. The summed E-state index contributed by atoms with van der Waals surface area (Å²) in [5.41, 5.74) is 7.44. The summed E-state index contributed by atoms with van der Waals surface area (Å²) >= 11 is 5.93. The summed E-state index contributed by atoms with van der Waals surface area (Å²) in [5, 5.41) is 15.9. The van der Waals surface area contributed by atoms with Gasteiger partial charge in [0.1, 0.15) is 17.1 Å². The molecule has 0 aliphatic heterocycles. The highest BCUT2D eigenvalue weighted by molar-refractivity contribution is 6.30. The van der Waals surface area contributed by atoms with Crippen LogP contribution in [0.15, 0.2) is 138 Å². The van der Waals surface area contributed by atoms with Gasteiger partial charge < -0.3 is 0 Å². The van der Waals surface area contributed by atoms with Gasteiger partial charge in [-0.3, -0.25) is 24.2 Å². The lowest BCUT2D eigenvalue weighted by molar-refractivity contribution is 0.762. The van der Waals surface area contributed by atoms with Gasteiger partial charge in [-0.25, -0.2) is 9.36 Å². The molecule has 0 saturated heterocycles. The van der Waals surface area contributed by atoms with Crippen molar-refractivity contribution in [2.75, 3.05) is 0 Å². The molecule has 5 heterocycles. The van der Waals surface area contributed by atoms with Gasteiger partial charge in [0, 0.05) is 72.1 Å². The molecule has 0 bridgehead atoms. The minimum atomic E-state index is -0.0727. The molecule has 0 aliphatic rings. The summed E-state index contributed by atoms with van der Waals surface area (Å²) in [6, 6.07) is 30.3. The molecule has 0 saturated carbocycles. The largest absolute Gasteiger partial charge is 0.288 e. The molecular formula is C39H31ClN8O2. The third-order valence-corrected chi connectivity index (χ3v) is 8.42. The molecule has 11 heteroatoms. The Labute approximate surface area is 291 Å². The van der Waals surface area contributed by atoms with Crippen LogP contribution in [0, 0.1) is 6.92 Å². The average molecular weight is 679 g/mol. The Bertz CT molecular complexity index is 2590. The van der Waals surface area contributed by atoms with Crippen molar-refractivity contribution in [1.29, 1.82) is 0 Å². The molecule has 10 nitrogen and oxygen atoms in total. The molecule has 8 aromatic rings. The highest BCUT2D eigenvalue weighted by atomic mass is 35.5. The van der Waals surface area contributed by atoms with Crippen molar-refractivity contribution in [2.24, 2.45) is 7.05 Å². The highest BCUT2D eigenvalue weighted by Crippen LogP contribution is 2.20. The number of benzene rings is 3. The molecule has 0 fully saturated rings. The molecule has 0 atom stereocenters. The van der Waals surface area contributed by atoms with Crippen LogP contribution in [0.4, 0.5) is 0 Å². The van der Waals surface area contributed by atoms with Crippen LogP contribution in [0.2, 0.25) is 5.02 Å². The Morgan fingerprint density at radius 1 is 0.720 bits per heavy atom. The van der Waals surface area contributed by atoms with Gasteiger partial charge in [-0.15, -0.1) is 0 Å². The second-order valence-electron chi connectivity index (χ2n) is 11.8. The first-order valence-corrected chi connectivity index (χ1v) is 16.3. The second kappa shape index (κ2) is 14.1. The van der Waals surface area contributed by atoms with Gasteiger partial charge in [-0.05, 0) is 72.6 Å². The Kier molecular flexibility index (Phi) is 9.09. The van der Waals surface area contributed by atoms with Crippen LogP contribution in [0.5, 0.6) is 0 Å². The quantitative estimate of drug-likeness (QED) is 0.199. The van der Waals surface area contributed by atoms with E-state index in [1.165, 1.54) is 0 Å². The lowest BCUT2D eigenvalue weighted by Crippen LogP contribution is -2.16. The minimum absolute atomic E-state index is 0.0720. The molecule has 0 amide bonds. The summed E-state index contributed by atoms with van der Waals surface area (Å²) in [6.07, 6.45) is 9.60. The van der Waals surface area contributed by atoms with Crippen molar-refractivity contribution in [3.05, 3.63) is 182 Å². The summed E-state index contributed by atoms with van der Waals surface area (Å²) in [6.45, 7) is 1.97. The number of hydrogen-bond acceptors (Lipinski definition) is 7. The van der Waals surface area contributed by atoms with E-state index in [0.29, 0.717) is 29.3 Å². The normalized spacial score (nSPS) is 11.0. The first-order chi connectivity index (χ1) is 24.3. The molecule has 0 unspecified atom stereocenters. The van der Waals surface area contributed by atoms with Gasteiger partial charge in [0.2, 0.25) is 10.9 Å². The van der Waals surface area contributed by atoms with E-state index in [0.717, 1.165) is 50.0 Å². The van der Waals surface area contributed by atoms with Gasteiger partial charge in [-0.2, -0.15) is 15.3 Å². The third kappa shape index (κ3) is 7.25. The van der Waals surface area contributed by atoms with Crippen LogP contribution in [0.1, 0.15) is 28.2 Å². The Balaban J connectivity index is 0.000000157. The fourth-order valence-corrected chi connectivity index (χ4v) is 5.76. The predicted octanol–water partition coefficient (Wildman–Crippen LogP) is 6.44. The van der Waals surface area contributed by atoms with Crippen LogP contribution in [0.25, 0.3) is 33.2 Å². The van der Waals surface area contributed by atoms with Crippen molar-refractivity contribution in [1.82, 2.24) is 39.3 Å². The van der Waals surface area contributed by atoms with Crippen molar-refractivity contribution in [3.8, 4) is 11.4 Å². The number of halogens is 1. The van der Waals surface area contributed by atoms with E-state index >= 15 is 0 Å². The van der Waals surface area contributed by atoms with Crippen molar-refractivity contribution >= 4 is 33.4 Å². The molecule has 5 aromatic heterocycles. The van der Waals surface area contributed by atoms with E-state index in [1.54, 1.807) is 63.1 Å². The first kappa shape index (κ1) is 32.3. The standard InChI is InChI=1S/C20H14ClN3O.C19H17N5O/c21-16-4-6-17(7-5-16)24-11-9-20(25)19(23-24)13-14-3-8-18-15(12-14)2-1-10-22-18;1-13-6-7-16-14(4-3-5-17(16)21-13)10-18-19(25)8-9-24(22-18)15-11-20-23(2)12-15/h1-12H,13H2;3-9,11-12H,10H2,1-2H3. The van der Waals surface area contributed by atoms with E-state index in [4.69, 9.17) is 11.6 Å². The Hall–Kier alpha value is -6.26. The zero-order valence-corrected chi connectivity index (χ0v) is 28.1. The Morgan fingerprint density at radius 2 is 1.46 bits per heavy atom. The lowest BCUT2D eigenvalue weighted by atomic mass is 10.0. The van der Waals surface area contributed by atoms with E-state index in [9.17, 15) is 9.59 Å². The fraction of sp³-hybridized carbons (Fsp3) is 0.103. The fourth-order valence-electron chi connectivity index (χ4n) is 5.63. The van der Waals surface area contributed by atoms with Crippen LogP contribution in [-0.4, -0.2) is 39.3 Å². The van der Waals surface area contributed by atoms with Gasteiger partial charge >= 0.3 is 0 Å². The number of hydrogen-bond donors (Lipinski definition) is 0. The van der Waals surface area contributed by atoms with Gasteiger partial charge in [-0.1, -0.05) is 41.9 Å². The van der Waals surface area contributed by atoms with Gasteiger partial charge in [0.25, 0.3) is 0 Å². The van der Waals surface area contributed by atoms with Gasteiger partial charge in [0.15, 0.2) is 0 Å². The topological polar surface area (TPSA) is 113 Å². The smallest absolute Gasteiger partial charge is 0.203 e. The summed E-state index contributed by atoms with van der Waals surface area (Å²) in [7, 11) is 1.85.